The Bertz CT molecular complexity index is 1020. The topological polar surface area (TPSA) is 146 Å². The van der Waals surface area contributed by atoms with Gasteiger partial charge in [0.05, 0.1) is 26.9 Å². The van der Waals surface area contributed by atoms with E-state index in [1.807, 2.05) is 0 Å². The number of aliphatic hydroxyl groups is 2. The normalized spacial score (nSPS) is 19.5. The van der Waals surface area contributed by atoms with E-state index in [9.17, 15) is 9.90 Å². The Labute approximate surface area is 184 Å². The van der Waals surface area contributed by atoms with E-state index in [4.69, 9.17) is 24.8 Å². The van der Waals surface area contributed by atoms with Crippen LogP contribution < -0.4 is 4.74 Å². The van der Waals surface area contributed by atoms with Gasteiger partial charge in [-0.2, -0.15) is 0 Å². The number of esters is 1. The Balaban J connectivity index is 1.97. The first-order valence-electron chi connectivity index (χ1n) is 9.98. The number of rotatable bonds is 10. The van der Waals surface area contributed by atoms with Gasteiger partial charge in [-0.1, -0.05) is 29.4 Å². The number of hydrogen-bond donors (Lipinski definition) is 2. The summed E-state index contributed by atoms with van der Waals surface area (Å²) in [7, 11) is 1.22. The molecular formula is C22H24N4O6. The van der Waals surface area contributed by atoms with Crippen LogP contribution in [0.3, 0.4) is 0 Å². The zero-order chi connectivity index (χ0) is 23.0. The summed E-state index contributed by atoms with van der Waals surface area (Å²) in [5.41, 5.74) is 8.77. The minimum absolute atomic E-state index is 0.0437. The zero-order valence-corrected chi connectivity index (χ0v) is 17.5. The van der Waals surface area contributed by atoms with Crippen molar-refractivity contribution in [2.24, 2.45) is 10.1 Å². The lowest BCUT2D eigenvalue weighted by atomic mass is 9.87. The summed E-state index contributed by atoms with van der Waals surface area (Å²) in [5.74, 6) is 0.0240. The first-order chi connectivity index (χ1) is 15.6. The molecule has 32 heavy (non-hydrogen) atoms. The van der Waals surface area contributed by atoms with Gasteiger partial charge in [-0.05, 0) is 40.9 Å². The van der Waals surface area contributed by atoms with Crippen molar-refractivity contribution in [1.29, 1.82) is 0 Å². The van der Waals surface area contributed by atoms with Crippen LogP contribution in [0, 0.1) is 0 Å². The summed E-state index contributed by atoms with van der Waals surface area (Å²) in [5, 5.41) is 22.7. The van der Waals surface area contributed by atoms with Crippen molar-refractivity contribution in [1.82, 2.24) is 0 Å². The fourth-order valence-corrected chi connectivity index (χ4v) is 3.43. The van der Waals surface area contributed by atoms with Crippen molar-refractivity contribution in [3.63, 3.8) is 0 Å². The van der Waals surface area contributed by atoms with Crippen LogP contribution in [0.25, 0.3) is 10.4 Å². The molecule has 0 aliphatic carbocycles. The number of methoxy groups -OCH3 is 1. The highest BCUT2D eigenvalue weighted by Gasteiger charge is 2.54. The zero-order valence-electron chi connectivity index (χ0n) is 17.5. The summed E-state index contributed by atoms with van der Waals surface area (Å²) in [6.45, 7) is -0.175. The summed E-state index contributed by atoms with van der Waals surface area (Å²) < 4.78 is 16.6. The molecule has 0 spiro atoms. The van der Waals surface area contributed by atoms with Crippen LogP contribution in [0.5, 0.6) is 5.75 Å². The fraction of sp³-hybridized carbons (Fsp3) is 0.364. The third-order valence-corrected chi connectivity index (χ3v) is 5.06. The molecule has 0 saturated carbocycles. The van der Waals surface area contributed by atoms with E-state index >= 15 is 0 Å². The fourth-order valence-electron chi connectivity index (χ4n) is 3.43. The molecule has 0 unspecified atom stereocenters. The molecule has 0 amide bonds. The summed E-state index contributed by atoms with van der Waals surface area (Å²) in [4.78, 5) is 20.0. The van der Waals surface area contributed by atoms with Gasteiger partial charge in [0, 0.05) is 23.5 Å². The number of carbonyl (C=O) groups excluding carboxylic acids is 1. The van der Waals surface area contributed by atoms with Crippen molar-refractivity contribution in [2.45, 2.75) is 24.6 Å². The molecule has 0 radical (unpaired) electrons. The van der Waals surface area contributed by atoms with E-state index in [1.165, 1.54) is 7.11 Å². The van der Waals surface area contributed by atoms with Crippen LogP contribution in [0.2, 0.25) is 0 Å². The largest absolute Gasteiger partial charge is 0.494 e. The molecule has 0 fully saturated rings. The summed E-state index contributed by atoms with van der Waals surface area (Å²) in [6, 6.07) is 13.9. The van der Waals surface area contributed by atoms with E-state index in [0.717, 1.165) is 0 Å². The first kappa shape index (κ1) is 23.1. The van der Waals surface area contributed by atoms with E-state index in [0.29, 0.717) is 35.5 Å². The molecule has 10 heteroatoms. The SMILES string of the molecule is COC(=O)[C@]1(CO)N=C(c2ccc(OCCCO)cc2)O[C@@H]1c1ccccc1CN=[N+]=[N-]. The lowest BCUT2D eigenvalue weighted by Crippen LogP contribution is -2.45. The number of benzene rings is 2. The second kappa shape index (κ2) is 10.6. The van der Waals surface area contributed by atoms with E-state index < -0.39 is 24.2 Å². The van der Waals surface area contributed by atoms with Crippen molar-refractivity contribution >= 4 is 11.9 Å². The van der Waals surface area contributed by atoms with Crippen molar-refractivity contribution in [3.8, 4) is 5.75 Å². The van der Waals surface area contributed by atoms with Crippen LogP contribution in [-0.2, 0) is 20.8 Å². The Morgan fingerprint density at radius 2 is 2.00 bits per heavy atom. The highest BCUT2D eigenvalue weighted by Crippen LogP contribution is 2.42. The lowest BCUT2D eigenvalue weighted by Gasteiger charge is -2.28. The van der Waals surface area contributed by atoms with Crippen LogP contribution in [0.4, 0.5) is 0 Å². The molecule has 10 nitrogen and oxygen atoms in total. The van der Waals surface area contributed by atoms with Crippen LogP contribution in [-0.4, -0.2) is 54.5 Å². The van der Waals surface area contributed by atoms with Gasteiger partial charge in [0.15, 0.2) is 6.10 Å². The van der Waals surface area contributed by atoms with Gasteiger partial charge in [0.1, 0.15) is 5.75 Å². The van der Waals surface area contributed by atoms with Gasteiger partial charge in [-0.25, -0.2) is 9.79 Å². The number of hydrogen-bond acceptors (Lipinski definition) is 8. The molecule has 1 heterocycles. The number of aliphatic imine (C=N–C) groups is 1. The van der Waals surface area contributed by atoms with Gasteiger partial charge in [0.25, 0.3) is 0 Å². The second-order valence-electron chi connectivity index (χ2n) is 7.03. The molecule has 2 aromatic rings. The number of aliphatic hydroxyl groups excluding tert-OH is 2. The molecule has 2 aromatic carbocycles. The molecule has 1 aliphatic heterocycles. The van der Waals surface area contributed by atoms with E-state index in [1.54, 1.807) is 48.5 Å². The summed E-state index contributed by atoms with van der Waals surface area (Å²) >= 11 is 0. The van der Waals surface area contributed by atoms with Crippen LogP contribution >= 0.6 is 0 Å². The quantitative estimate of drug-likeness (QED) is 0.191. The molecule has 1 aliphatic rings. The van der Waals surface area contributed by atoms with Crippen LogP contribution in [0.1, 0.15) is 29.2 Å². The molecule has 0 saturated heterocycles. The van der Waals surface area contributed by atoms with Crippen molar-refractivity contribution in [3.05, 3.63) is 75.7 Å². The monoisotopic (exact) mass is 440 g/mol. The molecule has 2 N–H and O–H groups in total. The highest BCUT2D eigenvalue weighted by molar-refractivity contribution is 6.00. The molecule has 0 aromatic heterocycles. The smallest absolute Gasteiger partial charge is 0.340 e. The van der Waals surface area contributed by atoms with E-state index in [2.05, 4.69) is 15.0 Å². The number of carbonyl (C=O) groups is 1. The van der Waals surface area contributed by atoms with Gasteiger partial charge in [-0.3, -0.25) is 0 Å². The maximum atomic E-state index is 12.8. The number of nitrogens with zero attached hydrogens (tertiary/aromatic N) is 4. The van der Waals surface area contributed by atoms with Gasteiger partial charge >= 0.3 is 5.97 Å². The molecule has 3 rings (SSSR count). The first-order valence-corrected chi connectivity index (χ1v) is 9.98. The third-order valence-electron chi connectivity index (χ3n) is 5.06. The Morgan fingerprint density at radius 1 is 1.25 bits per heavy atom. The lowest BCUT2D eigenvalue weighted by molar-refractivity contribution is -0.152. The minimum atomic E-state index is -1.72. The maximum Gasteiger partial charge on any atom is 0.340 e. The molecule has 168 valence electrons. The van der Waals surface area contributed by atoms with Gasteiger partial charge in [0.2, 0.25) is 11.4 Å². The predicted octanol–water partition coefficient (Wildman–Crippen LogP) is 2.68. The Kier molecular flexibility index (Phi) is 7.67. The average Bonchev–Trinajstić information content (AvgIpc) is 3.24. The van der Waals surface area contributed by atoms with Gasteiger partial charge in [-0.15, -0.1) is 0 Å². The molecule has 2 atom stereocenters. The molecular weight excluding hydrogens is 416 g/mol. The average molecular weight is 440 g/mol. The number of ether oxygens (including phenoxy) is 3. The Morgan fingerprint density at radius 3 is 2.66 bits per heavy atom. The summed E-state index contributed by atoms with van der Waals surface area (Å²) in [6.07, 6.45) is -0.465. The Hall–Kier alpha value is -3.59. The third kappa shape index (κ3) is 4.67. The van der Waals surface area contributed by atoms with Crippen LogP contribution in [0.15, 0.2) is 58.6 Å². The highest BCUT2D eigenvalue weighted by atomic mass is 16.5. The maximum absolute atomic E-state index is 12.8. The van der Waals surface area contributed by atoms with Crippen molar-refractivity contribution in [2.75, 3.05) is 26.9 Å². The van der Waals surface area contributed by atoms with Crippen molar-refractivity contribution < 1.29 is 29.2 Å². The van der Waals surface area contributed by atoms with Gasteiger partial charge < -0.3 is 24.4 Å². The van der Waals surface area contributed by atoms with E-state index in [-0.39, 0.29) is 19.0 Å². The standard InChI is InChI=1S/C22H24N4O6/c1-30-21(29)22(14-28)19(18-6-3-2-5-16(18)13-24-26-23)32-20(25-22)15-7-9-17(10-8-15)31-12-4-11-27/h2-3,5-10,19,27-28H,4,11-14H2,1H3/t19-,22-/m1/s1. The minimum Gasteiger partial charge on any atom is -0.494 e. The number of azide groups is 1. The predicted molar refractivity (Wildman–Crippen MR) is 115 cm³/mol. The molecule has 0 bridgehead atoms. The second-order valence-corrected chi connectivity index (χ2v) is 7.03.